The van der Waals surface area contributed by atoms with Crippen LogP contribution in [0, 0.1) is 12.3 Å². The monoisotopic (exact) mass is 241 g/mol. The van der Waals surface area contributed by atoms with Gasteiger partial charge in [-0.3, -0.25) is 14.9 Å². The zero-order valence-electron chi connectivity index (χ0n) is 10.1. The molecule has 1 aromatic rings. The van der Waals surface area contributed by atoms with Crippen LogP contribution in [0.4, 0.5) is 0 Å². The van der Waals surface area contributed by atoms with Gasteiger partial charge < -0.3 is 6.53 Å². The Morgan fingerprint density at radius 2 is 2.00 bits per heavy atom. The molecule has 0 saturated carbocycles. The normalized spacial score (nSPS) is 8.41. The molecule has 6 heteroatoms. The molecular weight excluding hydrogens is 233 g/mol. The molecule has 0 saturated heterocycles. The molecule has 0 atom stereocenters. The number of hydrogen-bond donors (Lipinski definition) is 2. The molecule has 0 unspecified atom stereocenters. The van der Waals surface area contributed by atoms with E-state index in [1.54, 1.807) is 11.4 Å². The van der Waals surface area contributed by atoms with Gasteiger partial charge >= 0.3 is 41.4 Å². The maximum absolute atomic E-state index is 11.4. The van der Waals surface area contributed by atoms with Crippen molar-refractivity contribution in [3.05, 3.63) is 35.4 Å². The average Bonchev–Trinajstić information content (AvgIpc) is 2.28. The summed E-state index contributed by atoms with van der Waals surface area (Å²) in [6.07, 6.45) is 5.13. The number of hydrogen-bond acceptors (Lipinski definition) is 3. The van der Waals surface area contributed by atoms with Crippen molar-refractivity contribution >= 4 is 17.8 Å². The number of nitrogens with one attached hydrogen (secondary N) is 1. The number of rotatable bonds is 1. The Balaban J connectivity index is 0. The largest absolute Gasteiger partial charge is 1.00 e. The van der Waals surface area contributed by atoms with Gasteiger partial charge in [0.05, 0.1) is 0 Å². The van der Waals surface area contributed by atoms with Crippen molar-refractivity contribution in [3.8, 4) is 12.3 Å². The first-order chi connectivity index (χ1) is 7.54. The molecule has 0 heterocycles. The van der Waals surface area contributed by atoms with E-state index < -0.39 is 17.8 Å². The number of carboxylic acids is 1. The minimum atomic E-state index is -1.72. The molecule has 5 nitrogen and oxygen atoms in total. The maximum Gasteiger partial charge on any atom is 1.00 e. The van der Waals surface area contributed by atoms with Gasteiger partial charge in [0.1, 0.15) is 0 Å². The second-order valence-corrected chi connectivity index (χ2v) is 2.81. The van der Waals surface area contributed by atoms with Crippen LogP contribution in [-0.2, 0) is 9.59 Å². The van der Waals surface area contributed by atoms with E-state index in [9.17, 15) is 14.4 Å². The Labute approximate surface area is 121 Å². The van der Waals surface area contributed by atoms with E-state index in [2.05, 4.69) is 5.92 Å². The Kier molecular flexibility index (Phi) is 6.21. The molecule has 0 aliphatic carbocycles. The third-order valence-electron chi connectivity index (χ3n) is 1.71. The molecule has 0 radical (unpaired) electrons. The summed E-state index contributed by atoms with van der Waals surface area (Å²) in [4.78, 5) is 32.3. The van der Waals surface area contributed by atoms with Crippen molar-refractivity contribution in [3.63, 3.8) is 0 Å². The number of imide groups is 1. The van der Waals surface area contributed by atoms with Gasteiger partial charge in [0.2, 0.25) is 0 Å². The minimum Gasteiger partial charge on any atom is -1.00 e. The Morgan fingerprint density at radius 3 is 2.53 bits per heavy atom. The summed E-state index contributed by atoms with van der Waals surface area (Å²) in [6, 6.07) is 5.95. The van der Waals surface area contributed by atoms with Crippen molar-refractivity contribution in [1.82, 2.24) is 5.32 Å². The van der Waals surface area contributed by atoms with Crippen LogP contribution < -0.4 is 34.9 Å². The Bertz CT molecular complexity index is 510. The summed E-state index contributed by atoms with van der Waals surface area (Å²) in [6.45, 7) is 0. The third-order valence-corrected chi connectivity index (χ3v) is 1.71. The first-order valence-corrected chi connectivity index (χ1v) is 4.20. The van der Waals surface area contributed by atoms with Gasteiger partial charge in [-0.1, -0.05) is 12.0 Å². The summed E-state index contributed by atoms with van der Waals surface area (Å²) < 4.78 is 0. The van der Waals surface area contributed by atoms with Gasteiger partial charge in [-0.05, 0) is 18.2 Å². The van der Waals surface area contributed by atoms with Gasteiger partial charge in [-0.15, -0.1) is 6.42 Å². The quantitative estimate of drug-likeness (QED) is 0.314. The molecule has 0 fully saturated rings. The minimum absolute atomic E-state index is 0. The maximum atomic E-state index is 11.4. The predicted octanol–water partition coefficient (Wildman–Crippen LogP) is -2.87. The smallest absolute Gasteiger partial charge is 1.00 e. The molecule has 82 valence electrons. The van der Waals surface area contributed by atoms with Crippen LogP contribution in [0.3, 0.4) is 0 Å². The van der Waals surface area contributed by atoms with Crippen LogP contribution in [0.2, 0.25) is 0 Å². The number of aliphatic carboxylic acids is 1. The van der Waals surface area contributed by atoms with E-state index >= 15 is 0 Å². The van der Waals surface area contributed by atoms with Crippen molar-refractivity contribution < 1.29 is 50.5 Å². The summed E-state index contributed by atoms with van der Waals surface area (Å²) in [7, 11) is 0. The van der Waals surface area contributed by atoms with Gasteiger partial charge in [-0.2, -0.15) is 0 Å². The fourth-order valence-electron chi connectivity index (χ4n) is 0.979. The van der Waals surface area contributed by atoms with Crippen LogP contribution >= 0.6 is 0 Å². The first kappa shape index (κ1) is 15.4. The molecule has 0 aromatic heterocycles. The average molecular weight is 241 g/mol. The molecular formula is C11H8NNaO4. The van der Waals surface area contributed by atoms with E-state index in [0.29, 0.717) is 5.56 Å². The zero-order chi connectivity index (χ0) is 12.1. The molecule has 0 spiro atoms. The number of carbonyl (C=O) groups excluding carboxylic acids is 2. The van der Waals surface area contributed by atoms with E-state index in [1.165, 1.54) is 18.2 Å². The van der Waals surface area contributed by atoms with Crippen molar-refractivity contribution in [1.29, 1.82) is 0 Å². The topological polar surface area (TPSA) is 83.5 Å². The van der Waals surface area contributed by atoms with E-state index in [0.717, 1.165) is 0 Å². The zero-order valence-corrected chi connectivity index (χ0v) is 11.1. The molecule has 17 heavy (non-hydrogen) atoms. The van der Waals surface area contributed by atoms with Crippen LogP contribution in [0.15, 0.2) is 24.3 Å². The third kappa shape index (κ3) is 4.41. The second kappa shape index (κ2) is 6.86. The van der Waals surface area contributed by atoms with Crippen LogP contribution in [0.5, 0.6) is 0 Å². The standard InChI is InChI=1S/C11H7NO4.Na.H/c1-2-7-4-3-5-8(6-7)9(13)12-10(14)11(15)16;;/h1,3-6H,(H,15,16)(H,12,13,14);;/q;+1;-1. The molecule has 0 aliphatic heterocycles. The second-order valence-electron chi connectivity index (χ2n) is 2.81. The van der Waals surface area contributed by atoms with Gasteiger partial charge in [0.15, 0.2) is 0 Å². The SMILES string of the molecule is C#Cc1cccc(C(=O)NC(=O)C(=O)O)c1.[H-].[Na+]. The van der Waals surface area contributed by atoms with Crippen LogP contribution in [0.25, 0.3) is 0 Å². The molecule has 2 N–H and O–H groups in total. The van der Waals surface area contributed by atoms with Gasteiger partial charge in [0, 0.05) is 11.1 Å². The number of carbonyl (C=O) groups is 3. The Morgan fingerprint density at radius 1 is 1.35 bits per heavy atom. The first-order valence-electron chi connectivity index (χ1n) is 4.20. The van der Waals surface area contributed by atoms with E-state index in [1.807, 2.05) is 0 Å². The van der Waals surface area contributed by atoms with E-state index in [-0.39, 0.29) is 36.5 Å². The number of terminal acetylenes is 1. The van der Waals surface area contributed by atoms with Crippen molar-refractivity contribution in [2.45, 2.75) is 0 Å². The van der Waals surface area contributed by atoms with Gasteiger partial charge in [0.25, 0.3) is 5.91 Å². The van der Waals surface area contributed by atoms with Crippen molar-refractivity contribution in [2.24, 2.45) is 0 Å². The molecule has 2 amide bonds. The predicted molar refractivity (Wildman–Crippen MR) is 55.6 cm³/mol. The number of carboxylic acid groups (broad SMARTS) is 1. The van der Waals surface area contributed by atoms with Crippen LogP contribution in [-0.4, -0.2) is 22.9 Å². The fourth-order valence-corrected chi connectivity index (χ4v) is 0.979. The number of amides is 2. The van der Waals surface area contributed by atoms with Crippen LogP contribution in [0.1, 0.15) is 17.3 Å². The summed E-state index contributed by atoms with van der Waals surface area (Å²) in [5.41, 5.74) is 0.598. The van der Waals surface area contributed by atoms with Crippen molar-refractivity contribution in [2.75, 3.05) is 0 Å². The van der Waals surface area contributed by atoms with E-state index in [4.69, 9.17) is 11.5 Å². The number of benzene rings is 1. The fraction of sp³-hybridized carbons (Fsp3) is 0. The summed E-state index contributed by atoms with van der Waals surface area (Å²) >= 11 is 0. The van der Waals surface area contributed by atoms with Gasteiger partial charge in [-0.25, -0.2) is 4.79 Å². The summed E-state index contributed by atoms with van der Waals surface area (Å²) in [5, 5.41) is 9.98. The molecule has 1 rings (SSSR count). The molecule has 1 aromatic carbocycles. The summed E-state index contributed by atoms with van der Waals surface area (Å²) in [5.74, 6) is -1.58. The molecule has 0 aliphatic rings. The Hall–Kier alpha value is -1.61. The molecule has 0 bridgehead atoms.